The standard InChI is InChI=1S/C9H14N2O3S2/c1-4-10-9(12)8-5-7(6-15-8)16(13,14)11(2)3/h5-6H,4H2,1-3H3,(H,10,12). The Kier molecular flexibility index (Phi) is 4.06. The molecule has 0 aliphatic heterocycles. The Hall–Kier alpha value is -0.920. The topological polar surface area (TPSA) is 66.5 Å². The number of nitrogens with one attached hydrogen (secondary N) is 1. The maximum atomic E-state index is 11.7. The molecule has 90 valence electrons. The highest BCUT2D eigenvalue weighted by molar-refractivity contribution is 7.89. The van der Waals surface area contributed by atoms with E-state index in [1.807, 2.05) is 6.92 Å². The van der Waals surface area contributed by atoms with Crippen molar-refractivity contribution in [3.05, 3.63) is 16.3 Å². The first-order valence-electron chi connectivity index (χ1n) is 4.69. The molecule has 1 rings (SSSR count). The van der Waals surface area contributed by atoms with Gasteiger partial charge in [0.15, 0.2) is 0 Å². The Morgan fingerprint density at radius 1 is 1.50 bits per heavy atom. The van der Waals surface area contributed by atoms with Crippen LogP contribution in [0.25, 0.3) is 0 Å². The van der Waals surface area contributed by atoms with Gasteiger partial charge in [-0.05, 0) is 13.0 Å². The summed E-state index contributed by atoms with van der Waals surface area (Å²) in [5.74, 6) is -0.243. The Bertz CT molecular complexity index is 477. The SMILES string of the molecule is CCNC(=O)c1cc(S(=O)(=O)N(C)C)cs1. The lowest BCUT2D eigenvalue weighted by Gasteiger charge is -2.08. The highest BCUT2D eigenvalue weighted by Crippen LogP contribution is 2.21. The summed E-state index contributed by atoms with van der Waals surface area (Å²) in [4.78, 5) is 12.0. The summed E-state index contributed by atoms with van der Waals surface area (Å²) in [7, 11) is -0.527. The number of amides is 1. The van der Waals surface area contributed by atoms with Crippen LogP contribution in [0.5, 0.6) is 0 Å². The van der Waals surface area contributed by atoms with Crippen molar-refractivity contribution < 1.29 is 13.2 Å². The van der Waals surface area contributed by atoms with Crippen LogP contribution in [0.1, 0.15) is 16.6 Å². The van der Waals surface area contributed by atoms with Gasteiger partial charge in [0.1, 0.15) is 0 Å². The molecule has 0 fully saturated rings. The first kappa shape index (κ1) is 13.1. The number of carbonyl (C=O) groups is 1. The zero-order valence-electron chi connectivity index (χ0n) is 9.35. The van der Waals surface area contributed by atoms with E-state index in [4.69, 9.17) is 0 Å². The van der Waals surface area contributed by atoms with Crippen LogP contribution in [0.15, 0.2) is 16.3 Å². The average Bonchev–Trinajstić information content (AvgIpc) is 2.67. The Labute approximate surface area is 99.1 Å². The molecule has 0 saturated carbocycles. The lowest BCUT2D eigenvalue weighted by molar-refractivity contribution is 0.0959. The molecule has 0 bridgehead atoms. The summed E-state index contributed by atoms with van der Waals surface area (Å²) in [5.41, 5.74) is 0. The molecule has 1 aromatic heterocycles. The van der Waals surface area contributed by atoms with Gasteiger partial charge < -0.3 is 5.32 Å². The molecule has 0 unspecified atom stereocenters. The monoisotopic (exact) mass is 262 g/mol. The minimum atomic E-state index is -3.44. The lowest BCUT2D eigenvalue weighted by Crippen LogP contribution is -2.23. The molecule has 0 radical (unpaired) electrons. The summed E-state index contributed by atoms with van der Waals surface area (Å²) in [5, 5.41) is 4.09. The zero-order chi connectivity index (χ0) is 12.3. The fourth-order valence-corrected chi connectivity index (χ4v) is 3.11. The maximum Gasteiger partial charge on any atom is 0.261 e. The van der Waals surface area contributed by atoms with Crippen molar-refractivity contribution in [3.8, 4) is 0 Å². The summed E-state index contributed by atoms with van der Waals surface area (Å²) in [6.07, 6.45) is 0. The number of hydrogen-bond acceptors (Lipinski definition) is 4. The molecule has 16 heavy (non-hydrogen) atoms. The molecule has 1 amide bonds. The second-order valence-electron chi connectivity index (χ2n) is 3.29. The number of hydrogen-bond donors (Lipinski definition) is 1. The molecule has 0 saturated heterocycles. The third-order valence-corrected chi connectivity index (χ3v) is 4.79. The maximum absolute atomic E-state index is 11.7. The van der Waals surface area contributed by atoms with Crippen LogP contribution in [-0.4, -0.2) is 39.3 Å². The molecular formula is C9H14N2O3S2. The van der Waals surface area contributed by atoms with Gasteiger partial charge in [-0.3, -0.25) is 4.79 Å². The van der Waals surface area contributed by atoms with Crippen molar-refractivity contribution in [2.45, 2.75) is 11.8 Å². The van der Waals surface area contributed by atoms with Crippen LogP contribution in [0.3, 0.4) is 0 Å². The summed E-state index contributed by atoms with van der Waals surface area (Å²) in [6, 6.07) is 1.39. The predicted octanol–water partition coefficient (Wildman–Crippen LogP) is 0.748. The van der Waals surface area contributed by atoms with Gasteiger partial charge in [0, 0.05) is 26.0 Å². The van der Waals surface area contributed by atoms with Crippen molar-refractivity contribution in [1.82, 2.24) is 9.62 Å². The molecule has 0 aromatic carbocycles. The van der Waals surface area contributed by atoms with E-state index < -0.39 is 10.0 Å². The predicted molar refractivity (Wildman–Crippen MR) is 63.2 cm³/mol. The Balaban J connectivity index is 3.00. The van der Waals surface area contributed by atoms with Crippen molar-refractivity contribution in [2.75, 3.05) is 20.6 Å². The minimum Gasteiger partial charge on any atom is -0.352 e. The van der Waals surface area contributed by atoms with Crippen LogP contribution in [0.4, 0.5) is 0 Å². The minimum absolute atomic E-state index is 0.156. The lowest BCUT2D eigenvalue weighted by atomic mass is 10.4. The first-order valence-corrected chi connectivity index (χ1v) is 7.00. The Morgan fingerprint density at radius 3 is 2.62 bits per heavy atom. The second kappa shape index (κ2) is 4.94. The van der Waals surface area contributed by atoms with Gasteiger partial charge in [-0.15, -0.1) is 11.3 Å². The molecule has 1 aromatic rings. The number of nitrogens with zero attached hydrogens (tertiary/aromatic N) is 1. The molecule has 1 heterocycles. The highest BCUT2D eigenvalue weighted by Gasteiger charge is 2.20. The molecule has 0 atom stereocenters. The van der Waals surface area contributed by atoms with E-state index in [0.29, 0.717) is 11.4 Å². The van der Waals surface area contributed by atoms with Crippen molar-refractivity contribution in [3.63, 3.8) is 0 Å². The van der Waals surface area contributed by atoms with Gasteiger partial charge in [0.25, 0.3) is 5.91 Å². The van der Waals surface area contributed by atoms with Gasteiger partial charge in [-0.1, -0.05) is 0 Å². The third kappa shape index (κ3) is 2.60. The van der Waals surface area contributed by atoms with Crippen LogP contribution in [-0.2, 0) is 10.0 Å². The number of carbonyl (C=O) groups excluding carboxylic acids is 1. The molecule has 7 heteroatoms. The van der Waals surface area contributed by atoms with E-state index in [1.54, 1.807) is 0 Å². The van der Waals surface area contributed by atoms with Crippen molar-refractivity contribution in [2.24, 2.45) is 0 Å². The van der Waals surface area contributed by atoms with E-state index in [0.717, 1.165) is 15.6 Å². The van der Waals surface area contributed by atoms with Gasteiger partial charge in [-0.25, -0.2) is 12.7 Å². The zero-order valence-corrected chi connectivity index (χ0v) is 11.0. The molecule has 0 aliphatic carbocycles. The molecule has 1 N–H and O–H groups in total. The quantitative estimate of drug-likeness (QED) is 0.870. The van der Waals surface area contributed by atoms with E-state index in [1.165, 1.54) is 25.5 Å². The largest absolute Gasteiger partial charge is 0.352 e. The van der Waals surface area contributed by atoms with Gasteiger partial charge >= 0.3 is 0 Å². The first-order chi connectivity index (χ1) is 7.39. The van der Waals surface area contributed by atoms with Crippen molar-refractivity contribution >= 4 is 27.3 Å². The van der Waals surface area contributed by atoms with E-state index in [2.05, 4.69) is 5.32 Å². The van der Waals surface area contributed by atoms with Crippen molar-refractivity contribution in [1.29, 1.82) is 0 Å². The smallest absolute Gasteiger partial charge is 0.261 e. The molecule has 5 nitrogen and oxygen atoms in total. The Morgan fingerprint density at radius 2 is 2.12 bits per heavy atom. The summed E-state index contributed by atoms with van der Waals surface area (Å²) < 4.78 is 24.6. The molecule has 0 spiro atoms. The van der Waals surface area contributed by atoms with Gasteiger partial charge in [-0.2, -0.15) is 0 Å². The fraction of sp³-hybridized carbons (Fsp3) is 0.444. The van der Waals surface area contributed by atoms with Crippen LogP contribution >= 0.6 is 11.3 Å². The van der Waals surface area contributed by atoms with Gasteiger partial charge in [0.2, 0.25) is 10.0 Å². The van der Waals surface area contributed by atoms with Gasteiger partial charge in [0.05, 0.1) is 9.77 Å². The summed E-state index contributed by atoms with van der Waals surface area (Å²) in [6.45, 7) is 2.33. The second-order valence-corrected chi connectivity index (χ2v) is 6.36. The van der Waals surface area contributed by atoms with Crippen LogP contribution in [0, 0.1) is 0 Å². The molecule has 0 aliphatic rings. The average molecular weight is 262 g/mol. The highest BCUT2D eigenvalue weighted by atomic mass is 32.2. The number of sulfonamides is 1. The molecular weight excluding hydrogens is 248 g/mol. The van der Waals surface area contributed by atoms with E-state index >= 15 is 0 Å². The fourth-order valence-electron chi connectivity index (χ4n) is 1.03. The van der Waals surface area contributed by atoms with E-state index in [9.17, 15) is 13.2 Å². The third-order valence-electron chi connectivity index (χ3n) is 1.92. The number of thiophene rings is 1. The van der Waals surface area contributed by atoms with Crippen LogP contribution < -0.4 is 5.32 Å². The van der Waals surface area contributed by atoms with Crippen LogP contribution in [0.2, 0.25) is 0 Å². The normalized spacial score (nSPS) is 11.8. The number of rotatable bonds is 4. The van der Waals surface area contributed by atoms with E-state index in [-0.39, 0.29) is 10.8 Å². The summed E-state index contributed by atoms with van der Waals surface area (Å²) >= 11 is 1.12.